The van der Waals surface area contributed by atoms with E-state index < -0.39 is 0 Å². The van der Waals surface area contributed by atoms with Crippen molar-refractivity contribution < 1.29 is 14.3 Å². The molecule has 35 heavy (non-hydrogen) atoms. The highest BCUT2D eigenvalue weighted by atomic mass is 16.5. The summed E-state index contributed by atoms with van der Waals surface area (Å²) < 4.78 is 5.37. The summed E-state index contributed by atoms with van der Waals surface area (Å²) in [5.41, 5.74) is 2.45. The van der Waals surface area contributed by atoms with Crippen molar-refractivity contribution >= 4 is 17.5 Å². The van der Waals surface area contributed by atoms with Crippen molar-refractivity contribution in [2.24, 2.45) is 11.8 Å². The highest BCUT2D eigenvalue weighted by Crippen LogP contribution is 2.43. The van der Waals surface area contributed by atoms with Crippen LogP contribution in [0, 0.1) is 11.8 Å². The largest absolute Gasteiger partial charge is 0.496 e. The number of nitrogens with one attached hydrogen (secondary N) is 2. The number of hydrogen-bond acceptors (Lipinski definition) is 3. The molecule has 5 nitrogen and oxygen atoms in total. The van der Waals surface area contributed by atoms with Gasteiger partial charge in [-0.05, 0) is 61.4 Å². The summed E-state index contributed by atoms with van der Waals surface area (Å²) >= 11 is 0. The molecule has 2 amide bonds. The fourth-order valence-electron chi connectivity index (χ4n) is 5.22. The molecule has 182 valence electrons. The van der Waals surface area contributed by atoms with Crippen molar-refractivity contribution in [1.82, 2.24) is 5.32 Å². The predicted molar refractivity (Wildman–Crippen MR) is 140 cm³/mol. The lowest BCUT2D eigenvalue weighted by molar-refractivity contribution is -0.121. The molecule has 0 saturated heterocycles. The molecule has 1 aliphatic carbocycles. The Morgan fingerprint density at radius 1 is 0.914 bits per heavy atom. The van der Waals surface area contributed by atoms with Crippen molar-refractivity contribution in [1.29, 1.82) is 0 Å². The molecule has 3 aromatic carbocycles. The second-order valence-electron chi connectivity index (χ2n) is 9.51. The first-order valence-corrected chi connectivity index (χ1v) is 12.3. The van der Waals surface area contributed by atoms with E-state index in [4.69, 9.17) is 4.74 Å². The lowest BCUT2D eigenvalue weighted by Crippen LogP contribution is -2.44. The van der Waals surface area contributed by atoms with E-state index in [9.17, 15) is 9.59 Å². The van der Waals surface area contributed by atoms with Crippen LogP contribution in [0.25, 0.3) is 0 Å². The van der Waals surface area contributed by atoms with Gasteiger partial charge in [-0.25, -0.2) is 0 Å². The molecule has 0 aromatic heterocycles. The SMILES string of the molecule is COc1ccccc1C(=O)NCC1(c2ccccc2)CCC(C(C)C(=O)Nc2ccccc2)CC1. The van der Waals surface area contributed by atoms with E-state index in [-0.39, 0.29) is 23.1 Å². The third-order valence-electron chi connectivity index (χ3n) is 7.47. The van der Waals surface area contributed by atoms with Gasteiger partial charge in [0.25, 0.3) is 5.91 Å². The molecule has 0 bridgehead atoms. The predicted octanol–water partition coefficient (Wildman–Crippen LogP) is 5.83. The van der Waals surface area contributed by atoms with Crippen molar-refractivity contribution in [2.75, 3.05) is 19.0 Å². The lowest BCUT2D eigenvalue weighted by atomic mass is 9.64. The Morgan fingerprint density at radius 2 is 1.51 bits per heavy atom. The van der Waals surface area contributed by atoms with Crippen LogP contribution in [0.15, 0.2) is 84.9 Å². The first-order chi connectivity index (χ1) is 17.0. The summed E-state index contributed by atoms with van der Waals surface area (Å²) in [5, 5.41) is 6.24. The van der Waals surface area contributed by atoms with E-state index in [1.54, 1.807) is 19.2 Å². The molecule has 0 aliphatic heterocycles. The quantitative estimate of drug-likeness (QED) is 0.435. The van der Waals surface area contributed by atoms with Gasteiger partial charge in [0.05, 0.1) is 12.7 Å². The molecular formula is C30H34N2O3. The molecule has 1 atom stereocenters. The summed E-state index contributed by atoms with van der Waals surface area (Å²) in [6, 6.07) is 27.3. The maximum absolute atomic E-state index is 13.0. The Hall–Kier alpha value is -3.60. The van der Waals surface area contributed by atoms with Gasteiger partial charge in [-0.2, -0.15) is 0 Å². The molecule has 0 radical (unpaired) electrons. The van der Waals surface area contributed by atoms with Gasteiger partial charge in [-0.3, -0.25) is 9.59 Å². The number of ether oxygens (including phenoxy) is 1. The molecular weight excluding hydrogens is 436 g/mol. The molecule has 1 unspecified atom stereocenters. The van der Waals surface area contributed by atoms with E-state index in [0.29, 0.717) is 23.8 Å². The van der Waals surface area contributed by atoms with Gasteiger partial charge >= 0.3 is 0 Å². The minimum Gasteiger partial charge on any atom is -0.496 e. The minimum absolute atomic E-state index is 0.0675. The topological polar surface area (TPSA) is 67.4 Å². The maximum atomic E-state index is 13.0. The van der Waals surface area contributed by atoms with Crippen LogP contribution >= 0.6 is 0 Å². The van der Waals surface area contributed by atoms with Gasteiger partial charge in [-0.15, -0.1) is 0 Å². The van der Waals surface area contributed by atoms with Gasteiger partial charge in [-0.1, -0.05) is 67.6 Å². The summed E-state index contributed by atoms with van der Waals surface area (Å²) in [7, 11) is 1.58. The van der Waals surface area contributed by atoms with Crippen LogP contribution in [0.4, 0.5) is 5.69 Å². The summed E-state index contributed by atoms with van der Waals surface area (Å²) in [4.78, 5) is 25.9. The maximum Gasteiger partial charge on any atom is 0.255 e. The van der Waals surface area contributed by atoms with E-state index in [2.05, 4.69) is 34.9 Å². The lowest BCUT2D eigenvalue weighted by Gasteiger charge is -2.42. The van der Waals surface area contributed by atoms with E-state index >= 15 is 0 Å². The molecule has 1 saturated carbocycles. The number of benzene rings is 3. The van der Waals surface area contributed by atoms with E-state index in [1.165, 1.54) is 5.56 Å². The zero-order chi connectivity index (χ0) is 24.7. The van der Waals surface area contributed by atoms with Gasteiger partial charge in [0.2, 0.25) is 5.91 Å². The third kappa shape index (κ3) is 5.73. The summed E-state index contributed by atoms with van der Waals surface area (Å²) in [6.45, 7) is 2.58. The molecule has 5 heteroatoms. The van der Waals surface area contributed by atoms with Gasteiger partial charge in [0.15, 0.2) is 0 Å². The fourth-order valence-corrected chi connectivity index (χ4v) is 5.22. The average molecular weight is 471 g/mol. The molecule has 0 heterocycles. The zero-order valence-corrected chi connectivity index (χ0v) is 20.5. The van der Waals surface area contributed by atoms with Crippen molar-refractivity contribution in [3.63, 3.8) is 0 Å². The first-order valence-electron chi connectivity index (χ1n) is 12.3. The number of para-hydroxylation sites is 2. The molecule has 1 fully saturated rings. The van der Waals surface area contributed by atoms with Crippen molar-refractivity contribution in [3.05, 3.63) is 96.1 Å². The van der Waals surface area contributed by atoms with Crippen LogP contribution in [-0.2, 0) is 10.2 Å². The molecule has 1 aliphatic rings. The number of carbonyl (C=O) groups excluding carboxylic acids is 2. The van der Waals surface area contributed by atoms with Crippen LogP contribution in [0.1, 0.15) is 48.5 Å². The third-order valence-corrected chi connectivity index (χ3v) is 7.47. The first kappa shape index (κ1) is 24.5. The number of methoxy groups -OCH3 is 1. The van der Waals surface area contributed by atoms with E-state index in [1.807, 2.05) is 55.5 Å². The van der Waals surface area contributed by atoms with Crippen molar-refractivity contribution in [2.45, 2.75) is 38.0 Å². The zero-order valence-electron chi connectivity index (χ0n) is 20.5. The molecule has 3 aromatic rings. The molecule has 2 N–H and O–H groups in total. The summed E-state index contributed by atoms with van der Waals surface area (Å²) in [5.74, 6) is 0.738. The Morgan fingerprint density at radius 3 is 2.17 bits per heavy atom. The molecule has 4 rings (SSSR count). The monoisotopic (exact) mass is 470 g/mol. The number of rotatable bonds is 8. The Bertz CT molecular complexity index is 1120. The fraction of sp³-hybridized carbons (Fsp3) is 0.333. The van der Waals surface area contributed by atoms with Gasteiger partial charge in [0, 0.05) is 23.6 Å². The minimum atomic E-state index is -0.162. The Labute approximate surface area is 207 Å². The van der Waals surface area contributed by atoms with Crippen LogP contribution in [0.2, 0.25) is 0 Å². The van der Waals surface area contributed by atoms with Crippen molar-refractivity contribution in [3.8, 4) is 5.75 Å². The average Bonchev–Trinajstić information content (AvgIpc) is 2.92. The smallest absolute Gasteiger partial charge is 0.255 e. The number of anilines is 1. The second kappa shape index (κ2) is 11.2. The standard InChI is InChI=1S/C30H34N2O3/c1-22(28(33)32-25-13-7-4-8-14-25)23-17-19-30(20-18-23,24-11-5-3-6-12-24)21-31-29(34)26-15-9-10-16-27(26)35-2/h3-16,22-23H,17-21H2,1-2H3,(H,31,34)(H,32,33). The second-order valence-corrected chi connectivity index (χ2v) is 9.51. The van der Waals surface area contributed by atoms with Gasteiger partial charge in [0.1, 0.15) is 5.75 Å². The van der Waals surface area contributed by atoms with Crippen LogP contribution < -0.4 is 15.4 Å². The van der Waals surface area contributed by atoms with E-state index in [0.717, 1.165) is 31.4 Å². The number of carbonyl (C=O) groups is 2. The Balaban J connectivity index is 1.45. The van der Waals surface area contributed by atoms with Crippen LogP contribution in [-0.4, -0.2) is 25.5 Å². The number of hydrogen-bond donors (Lipinski definition) is 2. The highest BCUT2D eigenvalue weighted by molar-refractivity contribution is 5.97. The normalized spacial score (nSPS) is 20.5. The van der Waals surface area contributed by atoms with Crippen LogP contribution in [0.5, 0.6) is 5.75 Å². The van der Waals surface area contributed by atoms with Gasteiger partial charge < -0.3 is 15.4 Å². The molecule has 0 spiro atoms. The Kier molecular flexibility index (Phi) is 7.86. The highest BCUT2D eigenvalue weighted by Gasteiger charge is 2.39. The van der Waals surface area contributed by atoms with Crippen LogP contribution in [0.3, 0.4) is 0 Å². The summed E-state index contributed by atoms with van der Waals surface area (Å²) in [6.07, 6.45) is 3.69. The number of amides is 2.